The molecule has 0 aromatic heterocycles. The van der Waals surface area contributed by atoms with E-state index in [1.807, 2.05) is 35.2 Å². The van der Waals surface area contributed by atoms with Crippen molar-refractivity contribution in [1.82, 2.24) is 25.1 Å². The number of fused-ring (bicyclic) bond motifs is 1. The number of carbonyl (C=O) groups excluding carboxylic acids is 2. The molecular formula is C31H46N6O2. The van der Waals surface area contributed by atoms with Gasteiger partial charge >= 0.3 is 6.03 Å². The van der Waals surface area contributed by atoms with Crippen molar-refractivity contribution in [3.05, 3.63) is 65.7 Å². The average Bonchev–Trinajstić information content (AvgIpc) is 3.28. The lowest BCUT2D eigenvalue weighted by molar-refractivity contribution is -0.137. The fraction of sp³-hybridized carbons (Fsp3) is 0.548. The van der Waals surface area contributed by atoms with Crippen molar-refractivity contribution in [2.24, 2.45) is 11.8 Å². The Morgan fingerprint density at radius 3 is 2.23 bits per heavy atom. The molecule has 2 saturated heterocycles. The van der Waals surface area contributed by atoms with Gasteiger partial charge in [-0.25, -0.2) is 15.2 Å². The van der Waals surface area contributed by atoms with Crippen molar-refractivity contribution in [2.75, 3.05) is 32.0 Å². The standard InChI is InChI=1S/C31H46N6O2/c1-7-13-26(35(8-2)9-3)24-18-16-23(17-19-24)21-37-28(32-25-14-11-10-12-15-25)27-29(33-37)36(20-22(4)5)31(39)34(6)30(27)38/h10-12,14-19,22,26-29,32-33H,7-9,13,20-21H2,1-6H3. The number of amides is 3. The van der Waals surface area contributed by atoms with Crippen LogP contribution in [0, 0.1) is 11.8 Å². The Morgan fingerprint density at radius 2 is 1.64 bits per heavy atom. The Kier molecular flexibility index (Phi) is 9.64. The van der Waals surface area contributed by atoms with E-state index in [0.29, 0.717) is 19.1 Å². The Labute approximate surface area is 234 Å². The van der Waals surface area contributed by atoms with Crippen LogP contribution >= 0.6 is 0 Å². The van der Waals surface area contributed by atoms with E-state index in [0.717, 1.165) is 37.2 Å². The van der Waals surface area contributed by atoms with E-state index in [4.69, 9.17) is 0 Å². The SMILES string of the molecule is CCCC(c1ccc(CN2NC3C(C(=O)N(C)C(=O)N3CC(C)C)C2Nc2ccccc2)cc1)N(CC)CC. The lowest BCUT2D eigenvalue weighted by Crippen LogP contribution is -2.64. The smallest absolute Gasteiger partial charge is 0.327 e. The molecule has 2 aliphatic heterocycles. The van der Waals surface area contributed by atoms with E-state index >= 15 is 0 Å². The Balaban J connectivity index is 1.62. The van der Waals surface area contributed by atoms with E-state index in [1.54, 1.807) is 7.05 Å². The molecule has 0 saturated carbocycles. The highest BCUT2D eigenvalue weighted by Crippen LogP contribution is 2.34. The maximum atomic E-state index is 13.5. The number of imide groups is 1. The molecule has 0 aliphatic carbocycles. The molecule has 4 unspecified atom stereocenters. The molecule has 2 aromatic carbocycles. The summed E-state index contributed by atoms with van der Waals surface area (Å²) in [5, 5.41) is 5.70. The molecule has 0 radical (unpaired) electrons. The predicted molar refractivity (Wildman–Crippen MR) is 157 cm³/mol. The number of hydrogen-bond donors (Lipinski definition) is 2. The molecular weight excluding hydrogens is 488 g/mol. The van der Waals surface area contributed by atoms with Gasteiger partial charge in [-0.1, -0.05) is 83.5 Å². The first-order valence-electron chi connectivity index (χ1n) is 14.5. The summed E-state index contributed by atoms with van der Waals surface area (Å²) in [7, 11) is 1.60. The summed E-state index contributed by atoms with van der Waals surface area (Å²) in [5.41, 5.74) is 7.00. The quantitative estimate of drug-likeness (QED) is 0.394. The van der Waals surface area contributed by atoms with Crippen molar-refractivity contribution in [3.8, 4) is 0 Å². The molecule has 39 heavy (non-hydrogen) atoms. The number of hydrazine groups is 1. The number of carbonyl (C=O) groups is 2. The van der Waals surface area contributed by atoms with Gasteiger partial charge in [-0.2, -0.15) is 0 Å². The molecule has 2 heterocycles. The Bertz CT molecular complexity index is 1090. The average molecular weight is 535 g/mol. The van der Waals surface area contributed by atoms with Gasteiger partial charge in [-0.15, -0.1) is 0 Å². The number of nitrogens with zero attached hydrogens (tertiary/aromatic N) is 4. The first kappa shape index (κ1) is 29.1. The van der Waals surface area contributed by atoms with Crippen molar-refractivity contribution >= 4 is 17.6 Å². The molecule has 212 valence electrons. The summed E-state index contributed by atoms with van der Waals surface area (Å²) < 4.78 is 0. The van der Waals surface area contributed by atoms with Crippen LogP contribution in [0.3, 0.4) is 0 Å². The van der Waals surface area contributed by atoms with Crippen LogP contribution in [0.1, 0.15) is 64.6 Å². The van der Waals surface area contributed by atoms with Crippen LogP contribution in [0.4, 0.5) is 10.5 Å². The van der Waals surface area contributed by atoms with E-state index in [2.05, 4.69) is 79.5 Å². The zero-order chi connectivity index (χ0) is 28.1. The number of rotatable bonds is 12. The van der Waals surface area contributed by atoms with Crippen LogP contribution in [-0.4, -0.2) is 70.7 Å². The van der Waals surface area contributed by atoms with Crippen LogP contribution in [0.5, 0.6) is 0 Å². The fourth-order valence-corrected chi connectivity index (χ4v) is 6.00. The third kappa shape index (κ3) is 6.29. The first-order valence-corrected chi connectivity index (χ1v) is 14.5. The highest BCUT2D eigenvalue weighted by Gasteiger charge is 2.55. The van der Waals surface area contributed by atoms with Crippen molar-refractivity contribution < 1.29 is 9.59 Å². The van der Waals surface area contributed by atoms with E-state index in [-0.39, 0.29) is 24.0 Å². The monoisotopic (exact) mass is 534 g/mol. The van der Waals surface area contributed by atoms with Gasteiger partial charge in [0.2, 0.25) is 5.91 Å². The maximum absolute atomic E-state index is 13.5. The van der Waals surface area contributed by atoms with Crippen molar-refractivity contribution in [3.63, 3.8) is 0 Å². The second kappa shape index (κ2) is 12.9. The van der Waals surface area contributed by atoms with Crippen molar-refractivity contribution in [2.45, 2.75) is 72.4 Å². The second-order valence-corrected chi connectivity index (χ2v) is 11.2. The van der Waals surface area contributed by atoms with Gasteiger partial charge in [0.05, 0.1) is 0 Å². The van der Waals surface area contributed by atoms with Gasteiger partial charge < -0.3 is 10.2 Å². The molecule has 4 rings (SSSR count). The second-order valence-electron chi connectivity index (χ2n) is 11.2. The lowest BCUT2D eigenvalue weighted by Gasteiger charge is -2.41. The minimum atomic E-state index is -0.442. The molecule has 8 nitrogen and oxygen atoms in total. The van der Waals surface area contributed by atoms with Crippen molar-refractivity contribution in [1.29, 1.82) is 0 Å². The normalized spacial score (nSPS) is 22.6. The number of nitrogens with one attached hydrogen (secondary N) is 2. The summed E-state index contributed by atoms with van der Waals surface area (Å²) >= 11 is 0. The number of anilines is 1. The Morgan fingerprint density at radius 1 is 0.974 bits per heavy atom. The third-order valence-corrected chi connectivity index (χ3v) is 7.98. The van der Waals surface area contributed by atoms with Gasteiger partial charge in [0.25, 0.3) is 0 Å². The number of para-hydroxylation sites is 1. The van der Waals surface area contributed by atoms with Crippen LogP contribution in [-0.2, 0) is 11.3 Å². The highest BCUT2D eigenvalue weighted by molar-refractivity contribution is 5.99. The van der Waals surface area contributed by atoms with E-state index < -0.39 is 12.1 Å². The van der Waals surface area contributed by atoms with Gasteiger partial charge in [0, 0.05) is 31.9 Å². The minimum Gasteiger partial charge on any atom is -0.368 e. The number of benzene rings is 2. The van der Waals surface area contributed by atoms with Crippen LogP contribution in [0.15, 0.2) is 54.6 Å². The van der Waals surface area contributed by atoms with E-state index in [9.17, 15) is 9.59 Å². The molecule has 3 amide bonds. The lowest BCUT2D eigenvalue weighted by atomic mass is 9.97. The molecule has 2 aromatic rings. The minimum absolute atomic E-state index is 0.162. The molecule has 4 atom stereocenters. The predicted octanol–water partition coefficient (Wildman–Crippen LogP) is 5.12. The van der Waals surface area contributed by atoms with Crippen LogP contribution in [0.2, 0.25) is 0 Å². The topological polar surface area (TPSA) is 71.2 Å². The Hall–Kier alpha value is -2.94. The van der Waals surface area contributed by atoms with Crippen LogP contribution in [0.25, 0.3) is 0 Å². The van der Waals surface area contributed by atoms with Gasteiger partial charge in [0.1, 0.15) is 18.2 Å². The zero-order valence-corrected chi connectivity index (χ0v) is 24.4. The third-order valence-electron chi connectivity index (χ3n) is 7.98. The fourth-order valence-electron chi connectivity index (χ4n) is 6.00. The summed E-state index contributed by atoms with van der Waals surface area (Å²) in [5.74, 6) is -0.324. The largest absolute Gasteiger partial charge is 0.368 e. The molecule has 0 bridgehead atoms. The maximum Gasteiger partial charge on any atom is 0.327 e. The summed E-state index contributed by atoms with van der Waals surface area (Å²) in [6.07, 6.45) is 1.56. The number of urea groups is 1. The van der Waals surface area contributed by atoms with Gasteiger partial charge in [0.15, 0.2) is 0 Å². The van der Waals surface area contributed by atoms with Crippen LogP contribution < -0.4 is 10.7 Å². The molecule has 2 aliphatic rings. The van der Waals surface area contributed by atoms with Gasteiger partial charge in [-0.05, 0) is 48.7 Å². The summed E-state index contributed by atoms with van der Waals surface area (Å²) in [6, 6.07) is 19.1. The zero-order valence-electron chi connectivity index (χ0n) is 24.4. The molecule has 8 heteroatoms. The molecule has 2 fully saturated rings. The summed E-state index contributed by atoms with van der Waals surface area (Å²) in [4.78, 5) is 32.3. The van der Waals surface area contributed by atoms with E-state index in [1.165, 1.54) is 10.5 Å². The number of hydrogen-bond acceptors (Lipinski definition) is 6. The molecule has 0 spiro atoms. The highest BCUT2D eigenvalue weighted by atomic mass is 16.2. The first-order chi connectivity index (χ1) is 18.8. The molecule has 2 N–H and O–H groups in total. The van der Waals surface area contributed by atoms with Gasteiger partial charge in [-0.3, -0.25) is 14.6 Å². The summed E-state index contributed by atoms with van der Waals surface area (Å²) in [6.45, 7) is 14.1.